The topological polar surface area (TPSA) is 53.4 Å². The van der Waals surface area contributed by atoms with Crippen LogP contribution in [0.5, 0.6) is 11.5 Å². The highest BCUT2D eigenvalue weighted by Crippen LogP contribution is 2.28. The van der Waals surface area contributed by atoms with Crippen LogP contribution in [0.25, 0.3) is 0 Å². The molecule has 0 radical (unpaired) electrons. The maximum absolute atomic E-state index is 12.5. The number of imidazole rings is 1. The number of aromatic nitrogens is 2. The standard InChI is InChI=1S/C22H26N2O3S/c1-4-24-18(11-16-7-5-6-8-16)14-23-22(24)28-15-19(25)12-17-9-10-20(26-2)21(13-17)27-3/h5-7,9-10,13-14H,4,8,11-12,15H2,1-3H3. The normalized spacial score (nSPS) is 12.9. The van der Waals surface area contributed by atoms with Gasteiger partial charge in [0.25, 0.3) is 0 Å². The van der Waals surface area contributed by atoms with Gasteiger partial charge in [-0.2, -0.15) is 0 Å². The highest BCUT2D eigenvalue weighted by Gasteiger charge is 2.14. The number of Topliss-reactive ketones (excluding diaryl/α,β-unsaturated/α-hetero) is 1. The molecule has 0 unspecified atom stereocenters. The van der Waals surface area contributed by atoms with Crippen molar-refractivity contribution in [2.45, 2.75) is 37.9 Å². The summed E-state index contributed by atoms with van der Waals surface area (Å²) >= 11 is 1.51. The van der Waals surface area contributed by atoms with E-state index in [-0.39, 0.29) is 5.78 Å². The first-order valence-corrected chi connectivity index (χ1v) is 10.4. The van der Waals surface area contributed by atoms with E-state index in [1.54, 1.807) is 14.2 Å². The largest absolute Gasteiger partial charge is 0.493 e. The minimum absolute atomic E-state index is 0.159. The summed E-state index contributed by atoms with van der Waals surface area (Å²) in [7, 11) is 3.20. The number of thioether (sulfide) groups is 1. The molecule has 1 aliphatic rings. The molecule has 148 valence electrons. The van der Waals surface area contributed by atoms with E-state index < -0.39 is 0 Å². The summed E-state index contributed by atoms with van der Waals surface area (Å²) in [6.07, 6.45) is 10.7. The number of carbonyl (C=O) groups is 1. The molecule has 0 saturated carbocycles. The van der Waals surface area contributed by atoms with Crippen molar-refractivity contribution in [3.63, 3.8) is 0 Å². The number of carbonyl (C=O) groups excluding carboxylic acids is 1. The van der Waals surface area contributed by atoms with Crippen LogP contribution >= 0.6 is 11.8 Å². The molecule has 0 atom stereocenters. The fraction of sp³-hybridized carbons (Fsp3) is 0.364. The number of ether oxygens (including phenoxy) is 2. The average Bonchev–Trinajstić information content (AvgIpc) is 3.36. The van der Waals surface area contributed by atoms with E-state index in [1.807, 2.05) is 24.4 Å². The smallest absolute Gasteiger partial charge is 0.168 e. The Balaban J connectivity index is 1.59. The Kier molecular flexibility index (Phi) is 6.98. The molecular formula is C22H26N2O3S. The molecule has 0 saturated heterocycles. The third-order valence-electron chi connectivity index (χ3n) is 4.69. The lowest BCUT2D eigenvalue weighted by molar-refractivity contribution is -0.116. The fourth-order valence-corrected chi connectivity index (χ4v) is 4.18. The minimum Gasteiger partial charge on any atom is -0.493 e. The SMILES string of the molecule is CCn1c(CC2=CC=CC2)cnc1SCC(=O)Cc1ccc(OC)c(OC)c1. The lowest BCUT2D eigenvalue weighted by atomic mass is 10.1. The molecule has 0 spiro atoms. The van der Waals surface area contributed by atoms with Gasteiger partial charge in [-0.15, -0.1) is 0 Å². The average molecular weight is 399 g/mol. The predicted octanol–water partition coefficient (Wildman–Crippen LogP) is 4.25. The second kappa shape index (κ2) is 9.64. The molecule has 1 aromatic carbocycles. The van der Waals surface area contributed by atoms with Crippen LogP contribution in [-0.4, -0.2) is 35.3 Å². The summed E-state index contributed by atoms with van der Waals surface area (Å²) in [6, 6.07) is 5.59. The van der Waals surface area contributed by atoms with Crippen molar-refractivity contribution < 1.29 is 14.3 Å². The first-order valence-electron chi connectivity index (χ1n) is 9.39. The summed E-state index contributed by atoms with van der Waals surface area (Å²) < 4.78 is 12.8. The van der Waals surface area contributed by atoms with E-state index >= 15 is 0 Å². The van der Waals surface area contributed by atoms with Crippen LogP contribution in [-0.2, 0) is 24.2 Å². The monoisotopic (exact) mass is 398 g/mol. The minimum atomic E-state index is 0.159. The Morgan fingerprint density at radius 1 is 1.25 bits per heavy atom. The van der Waals surface area contributed by atoms with E-state index in [0.717, 1.165) is 30.1 Å². The molecular weight excluding hydrogens is 372 g/mol. The number of benzene rings is 1. The van der Waals surface area contributed by atoms with Gasteiger partial charge in [0.15, 0.2) is 16.7 Å². The van der Waals surface area contributed by atoms with Crippen LogP contribution in [0.3, 0.4) is 0 Å². The summed E-state index contributed by atoms with van der Waals surface area (Å²) in [6.45, 7) is 2.96. The van der Waals surface area contributed by atoms with Crippen molar-refractivity contribution in [3.05, 3.63) is 59.5 Å². The van der Waals surface area contributed by atoms with Gasteiger partial charge in [-0.25, -0.2) is 4.98 Å². The Bertz CT molecular complexity index is 899. The molecule has 28 heavy (non-hydrogen) atoms. The Hall–Kier alpha value is -2.47. The molecule has 0 bridgehead atoms. The van der Waals surface area contributed by atoms with Gasteiger partial charge in [0.2, 0.25) is 0 Å². The van der Waals surface area contributed by atoms with E-state index in [4.69, 9.17) is 9.47 Å². The molecule has 0 amide bonds. The summed E-state index contributed by atoms with van der Waals surface area (Å²) in [5.74, 6) is 1.86. The molecule has 2 aromatic rings. The van der Waals surface area contributed by atoms with Crippen molar-refractivity contribution in [2.75, 3.05) is 20.0 Å². The van der Waals surface area contributed by atoms with Crippen LogP contribution in [0.15, 0.2) is 53.4 Å². The lowest BCUT2D eigenvalue weighted by Crippen LogP contribution is -2.08. The number of nitrogens with zero attached hydrogens (tertiary/aromatic N) is 2. The second-order valence-corrected chi connectivity index (χ2v) is 7.55. The number of hydrogen-bond acceptors (Lipinski definition) is 5. The molecule has 1 heterocycles. The van der Waals surface area contributed by atoms with Gasteiger partial charge in [0, 0.05) is 31.3 Å². The highest BCUT2D eigenvalue weighted by molar-refractivity contribution is 7.99. The quantitative estimate of drug-likeness (QED) is 0.560. The summed E-state index contributed by atoms with van der Waals surface area (Å²) in [5.41, 5.74) is 3.52. The Morgan fingerprint density at radius 2 is 2.07 bits per heavy atom. The maximum Gasteiger partial charge on any atom is 0.168 e. The first kappa shape index (κ1) is 20.3. The van der Waals surface area contributed by atoms with E-state index in [2.05, 4.69) is 34.7 Å². The van der Waals surface area contributed by atoms with Crippen molar-refractivity contribution in [1.82, 2.24) is 9.55 Å². The maximum atomic E-state index is 12.5. The van der Waals surface area contributed by atoms with E-state index in [1.165, 1.54) is 23.0 Å². The third-order valence-corrected chi connectivity index (χ3v) is 5.74. The molecule has 1 aromatic heterocycles. The third kappa shape index (κ3) is 4.87. The van der Waals surface area contributed by atoms with Crippen LogP contribution < -0.4 is 9.47 Å². The van der Waals surface area contributed by atoms with Gasteiger partial charge in [-0.3, -0.25) is 4.79 Å². The van der Waals surface area contributed by atoms with Gasteiger partial charge in [-0.1, -0.05) is 41.6 Å². The van der Waals surface area contributed by atoms with Gasteiger partial charge in [0.1, 0.15) is 5.78 Å². The zero-order valence-corrected chi connectivity index (χ0v) is 17.4. The van der Waals surface area contributed by atoms with Gasteiger partial charge < -0.3 is 14.0 Å². The number of methoxy groups -OCH3 is 2. The van der Waals surface area contributed by atoms with Crippen LogP contribution in [0.1, 0.15) is 24.6 Å². The van der Waals surface area contributed by atoms with Crippen molar-refractivity contribution >= 4 is 17.5 Å². The van der Waals surface area contributed by atoms with Crippen LogP contribution in [0, 0.1) is 0 Å². The highest BCUT2D eigenvalue weighted by atomic mass is 32.2. The first-order chi connectivity index (χ1) is 13.6. The number of rotatable bonds is 10. The summed E-state index contributed by atoms with van der Waals surface area (Å²) in [4.78, 5) is 17.0. The van der Waals surface area contributed by atoms with Crippen molar-refractivity contribution in [2.24, 2.45) is 0 Å². The van der Waals surface area contributed by atoms with Gasteiger partial charge >= 0.3 is 0 Å². The molecule has 6 heteroatoms. The predicted molar refractivity (Wildman–Crippen MR) is 112 cm³/mol. The molecule has 3 rings (SSSR count). The van der Waals surface area contributed by atoms with Gasteiger partial charge in [0.05, 0.1) is 20.0 Å². The Morgan fingerprint density at radius 3 is 2.75 bits per heavy atom. The molecule has 0 fully saturated rings. The fourth-order valence-electron chi connectivity index (χ4n) is 3.26. The summed E-state index contributed by atoms with van der Waals surface area (Å²) in [5, 5.41) is 0.907. The molecule has 5 nitrogen and oxygen atoms in total. The lowest BCUT2D eigenvalue weighted by Gasteiger charge is -2.10. The molecule has 0 aliphatic heterocycles. The van der Waals surface area contributed by atoms with E-state index in [9.17, 15) is 4.79 Å². The Labute approximate surface area is 170 Å². The number of ketones is 1. The number of allylic oxidation sites excluding steroid dienone is 4. The van der Waals surface area contributed by atoms with Crippen molar-refractivity contribution in [1.29, 1.82) is 0 Å². The molecule has 1 aliphatic carbocycles. The van der Waals surface area contributed by atoms with Crippen LogP contribution in [0.2, 0.25) is 0 Å². The zero-order chi connectivity index (χ0) is 19.9. The van der Waals surface area contributed by atoms with Crippen molar-refractivity contribution in [3.8, 4) is 11.5 Å². The van der Waals surface area contributed by atoms with Gasteiger partial charge in [-0.05, 0) is 31.0 Å². The number of hydrogen-bond donors (Lipinski definition) is 0. The zero-order valence-electron chi connectivity index (χ0n) is 16.6. The second-order valence-electron chi connectivity index (χ2n) is 6.60. The molecule has 0 N–H and O–H groups in total. The van der Waals surface area contributed by atoms with E-state index in [0.29, 0.717) is 23.7 Å². The van der Waals surface area contributed by atoms with Crippen LogP contribution in [0.4, 0.5) is 0 Å².